The number of rotatable bonds is 3. The summed E-state index contributed by atoms with van der Waals surface area (Å²) in [5, 5.41) is 8.90. The smallest absolute Gasteiger partial charge is 0.328 e. The van der Waals surface area contributed by atoms with Gasteiger partial charge in [0.25, 0.3) is 0 Å². The Morgan fingerprint density at radius 2 is 1.67 bits per heavy atom. The van der Waals surface area contributed by atoms with Gasteiger partial charge in [0.15, 0.2) is 0 Å². The first-order valence-corrected chi connectivity index (χ1v) is 6.27. The quantitative estimate of drug-likeness (QED) is 0.815. The van der Waals surface area contributed by atoms with E-state index in [0.717, 1.165) is 11.1 Å². The van der Waals surface area contributed by atoms with Crippen molar-refractivity contribution >= 4 is 11.5 Å². The van der Waals surface area contributed by atoms with Crippen LogP contribution in [-0.2, 0) is 10.2 Å². The highest BCUT2D eigenvalue weighted by molar-refractivity contribution is 5.90. The van der Waals surface area contributed by atoms with Crippen molar-refractivity contribution in [3.63, 3.8) is 0 Å². The Hall–Kier alpha value is -1.57. The third-order valence-corrected chi connectivity index (χ3v) is 2.99. The Morgan fingerprint density at radius 1 is 1.17 bits per heavy atom. The van der Waals surface area contributed by atoms with E-state index in [1.807, 2.05) is 26.0 Å². The SMILES string of the molecule is CC(C)C(=CC(=O)O)c1ccc(C(C)(C)C)cc1. The van der Waals surface area contributed by atoms with Crippen LogP contribution in [0.4, 0.5) is 0 Å². The second-order valence-corrected chi connectivity index (χ2v) is 5.92. The van der Waals surface area contributed by atoms with Crippen LogP contribution in [0.15, 0.2) is 30.3 Å². The van der Waals surface area contributed by atoms with Crippen LogP contribution < -0.4 is 0 Å². The lowest BCUT2D eigenvalue weighted by Crippen LogP contribution is -2.10. The van der Waals surface area contributed by atoms with Gasteiger partial charge in [0.2, 0.25) is 0 Å². The third-order valence-electron chi connectivity index (χ3n) is 2.99. The van der Waals surface area contributed by atoms with Gasteiger partial charge in [0.05, 0.1) is 0 Å². The molecule has 1 rings (SSSR count). The third kappa shape index (κ3) is 3.73. The number of benzene rings is 1. The summed E-state index contributed by atoms with van der Waals surface area (Å²) >= 11 is 0. The van der Waals surface area contributed by atoms with Crippen LogP contribution >= 0.6 is 0 Å². The number of hydrogen-bond acceptors (Lipinski definition) is 1. The van der Waals surface area contributed by atoms with Gasteiger partial charge in [-0.05, 0) is 28.0 Å². The van der Waals surface area contributed by atoms with Crippen LogP contribution in [0.2, 0.25) is 0 Å². The summed E-state index contributed by atoms with van der Waals surface area (Å²) < 4.78 is 0. The fourth-order valence-corrected chi connectivity index (χ4v) is 1.88. The van der Waals surface area contributed by atoms with E-state index in [2.05, 4.69) is 32.9 Å². The van der Waals surface area contributed by atoms with Gasteiger partial charge in [0, 0.05) is 6.08 Å². The van der Waals surface area contributed by atoms with E-state index >= 15 is 0 Å². The molecule has 2 nitrogen and oxygen atoms in total. The molecule has 0 aromatic heterocycles. The molecule has 0 saturated heterocycles. The van der Waals surface area contributed by atoms with E-state index in [9.17, 15) is 4.79 Å². The van der Waals surface area contributed by atoms with Gasteiger partial charge in [-0.25, -0.2) is 4.79 Å². The zero-order valence-corrected chi connectivity index (χ0v) is 11.8. The molecule has 0 amide bonds. The van der Waals surface area contributed by atoms with Crippen molar-refractivity contribution in [2.75, 3.05) is 0 Å². The van der Waals surface area contributed by atoms with E-state index in [1.54, 1.807) is 0 Å². The first-order valence-electron chi connectivity index (χ1n) is 6.27. The summed E-state index contributed by atoms with van der Waals surface area (Å²) in [7, 11) is 0. The van der Waals surface area contributed by atoms with E-state index in [4.69, 9.17) is 5.11 Å². The molecule has 0 aliphatic carbocycles. The normalized spacial score (nSPS) is 12.9. The monoisotopic (exact) mass is 246 g/mol. The van der Waals surface area contributed by atoms with Crippen LogP contribution in [0.25, 0.3) is 5.57 Å². The predicted octanol–water partition coefficient (Wildman–Crippen LogP) is 4.11. The molecule has 0 bridgehead atoms. The first kappa shape index (κ1) is 14.5. The van der Waals surface area contributed by atoms with Gasteiger partial charge < -0.3 is 5.11 Å². The Labute approximate surface area is 109 Å². The van der Waals surface area contributed by atoms with Crippen molar-refractivity contribution in [1.29, 1.82) is 0 Å². The number of carboxylic acid groups (broad SMARTS) is 1. The first-order chi connectivity index (χ1) is 8.21. The lowest BCUT2D eigenvalue weighted by atomic mass is 9.85. The molecule has 18 heavy (non-hydrogen) atoms. The Balaban J connectivity index is 3.14. The van der Waals surface area contributed by atoms with Crippen molar-refractivity contribution in [2.24, 2.45) is 5.92 Å². The van der Waals surface area contributed by atoms with Gasteiger partial charge >= 0.3 is 5.97 Å². The maximum Gasteiger partial charge on any atom is 0.328 e. The van der Waals surface area contributed by atoms with Crippen molar-refractivity contribution < 1.29 is 9.90 Å². The highest BCUT2D eigenvalue weighted by Crippen LogP contribution is 2.27. The average molecular weight is 246 g/mol. The second kappa shape index (κ2) is 5.38. The standard InChI is InChI=1S/C16H22O2/c1-11(2)14(10-15(17)18)12-6-8-13(9-7-12)16(3,4)5/h6-11H,1-5H3,(H,17,18). The molecular weight excluding hydrogens is 224 g/mol. The van der Waals surface area contributed by atoms with Crippen LogP contribution in [0.5, 0.6) is 0 Å². The average Bonchev–Trinajstić information content (AvgIpc) is 2.24. The molecule has 1 aromatic carbocycles. The topological polar surface area (TPSA) is 37.3 Å². The number of carboxylic acids is 1. The molecule has 0 radical (unpaired) electrons. The molecule has 0 atom stereocenters. The lowest BCUT2D eigenvalue weighted by molar-refractivity contribution is -0.131. The molecule has 1 aromatic rings. The van der Waals surface area contributed by atoms with Gasteiger partial charge in [0.1, 0.15) is 0 Å². The molecule has 0 heterocycles. The lowest BCUT2D eigenvalue weighted by Gasteiger charge is -2.20. The molecule has 0 unspecified atom stereocenters. The summed E-state index contributed by atoms with van der Waals surface area (Å²) in [5.74, 6) is -0.694. The van der Waals surface area contributed by atoms with Crippen molar-refractivity contribution in [2.45, 2.75) is 40.0 Å². The maximum atomic E-state index is 10.8. The molecule has 0 fully saturated rings. The minimum Gasteiger partial charge on any atom is -0.478 e. The van der Waals surface area contributed by atoms with Gasteiger partial charge in [-0.1, -0.05) is 58.9 Å². The summed E-state index contributed by atoms with van der Waals surface area (Å²) in [6, 6.07) is 8.17. The molecule has 1 N–H and O–H groups in total. The minimum absolute atomic E-state index is 0.118. The molecule has 0 aliphatic heterocycles. The largest absolute Gasteiger partial charge is 0.478 e. The van der Waals surface area contributed by atoms with E-state index in [0.29, 0.717) is 0 Å². The van der Waals surface area contributed by atoms with Crippen molar-refractivity contribution in [3.05, 3.63) is 41.5 Å². The van der Waals surface area contributed by atoms with Crippen LogP contribution in [0, 0.1) is 5.92 Å². The van der Waals surface area contributed by atoms with E-state index in [-0.39, 0.29) is 11.3 Å². The zero-order valence-electron chi connectivity index (χ0n) is 11.8. The second-order valence-electron chi connectivity index (χ2n) is 5.92. The number of allylic oxidation sites excluding steroid dienone is 1. The molecule has 0 saturated carbocycles. The van der Waals surface area contributed by atoms with Crippen LogP contribution in [0.3, 0.4) is 0 Å². The van der Waals surface area contributed by atoms with E-state index in [1.165, 1.54) is 11.6 Å². The summed E-state index contributed by atoms with van der Waals surface area (Å²) in [5.41, 5.74) is 3.22. The van der Waals surface area contributed by atoms with Gasteiger partial charge in [-0.2, -0.15) is 0 Å². The molecule has 0 aliphatic rings. The van der Waals surface area contributed by atoms with Crippen molar-refractivity contribution in [1.82, 2.24) is 0 Å². The summed E-state index contributed by atoms with van der Waals surface area (Å²) in [4.78, 5) is 10.8. The number of hydrogen-bond donors (Lipinski definition) is 1. The highest BCUT2D eigenvalue weighted by Gasteiger charge is 2.14. The zero-order chi connectivity index (χ0) is 13.9. The molecular formula is C16H22O2. The minimum atomic E-state index is -0.890. The summed E-state index contributed by atoms with van der Waals surface area (Å²) in [6.45, 7) is 10.5. The fourth-order valence-electron chi connectivity index (χ4n) is 1.88. The molecule has 98 valence electrons. The van der Waals surface area contributed by atoms with Crippen LogP contribution in [0.1, 0.15) is 45.7 Å². The number of aliphatic carboxylic acids is 1. The van der Waals surface area contributed by atoms with Crippen LogP contribution in [-0.4, -0.2) is 11.1 Å². The number of carbonyl (C=O) groups is 1. The van der Waals surface area contributed by atoms with Crippen molar-refractivity contribution in [3.8, 4) is 0 Å². The van der Waals surface area contributed by atoms with E-state index < -0.39 is 5.97 Å². The maximum absolute atomic E-state index is 10.8. The fraction of sp³-hybridized carbons (Fsp3) is 0.438. The highest BCUT2D eigenvalue weighted by atomic mass is 16.4. The molecule has 0 spiro atoms. The molecule has 2 heteroatoms. The Morgan fingerprint density at radius 3 is 2.00 bits per heavy atom. The Bertz CT molecular complexity index is 445. The predicted molar refractivity (Wildman–Crippen MR) is 75.6 cm³/mol. The Kier molecular flexibility index (Phi) is 4.33. The van der Waals surface area contributed by atoms with Gasteiger partial charge in [-0.15, -0.1) is 0 Å². The summed E-state index contributed by atoms with van der Waals surface area (Å²) in [6.07, 6.45) is 1.30. The van der Waals surface area contributed by atoms with Gasteiger partial charge in [-0.3, -0.25) is 0 Å².